The van der Waals surface area contributed by atoms with Gasteiger partial charge in [-0.15, -0.1) is 24.0 Å². The van der Waals surface area contributed by atoms with Gasteiger partial charge < -0.3 is 16.0 Å². The zero-order chi connectivity index (χ0) is 20.0. The molecule has 3 amide bonds. The number of imide groups is 1. The number of carbonyl (C=O) groups is 2. The number of carbonyl (C=O) groups excluding carboxylic acids is 2. The summed E-state index contributed by atoms with van der Waals surface area (Å²) in [5.74, 6) is -0.0507. The molecular formula is C18H26ClFIN5O2. The molecule has 2 rings (SSSR count). The van der Waals surface area contributed by atoms with E-state index in [1.165, 1.54) is 17.0 Å². The van der Waals surface area contributed by atoms with Crippen molar-refractivity contribution in [2.45, 2.75) is 26.2 Å². The van der Waals surface area contributed by atoms with Crippen LogP contribution in [0.4, 0.5) is 9.18 Å². The Bertz CT molecular complexity index is 729. The lowest BCUT2D eigenvalue weighted by atomic mass is 9.84. The molecule has 1 saturated heterocycles. The molecule has 0 radical (unpaired) electrons. The van der Waals surface area contributed by atoms with Crippen LogP contribution in [0.5, 0.6) is 0 Å². The maximum atomic E-state index is 13.3. The first-order valence-electron chi connectivity index (χ1n) is 8.80. The van der Waals surface area contributed by atoms with E-state index in [4.69, 9.17) is 11.6 Å². The molecule has 7 nitrogen and oxygen atoms in total. The normalized spacial score (nSPS) is 14.6. The number of hydrogen-bond donors (Lipinski definition) is 3. The highest BCUT2D eigenvalue weighted by Gasteiger charge is 2.28. The SMILES string of the molecule is CCNC(=NCC(C)(C)c1ccc(F)cc1Cl)NCCN1C(=O)CNC1=O.I. The lowest BCUT2D eigenvalue weighted by Gasteiger charge is -2.25. The van der Waals surface area contributed by atoms with Crippen LogP contribution in [0.15, 0.2) is 23.2 Å². The molecule has 0 unspecified atom stereocenters. The van der Waals surface area contributed by atoms with Crippen molar-refractivity contribution < 1.29 is 14.0 Å². The van der Waals surface area contributed by atoms with Gasteiger partial charge in [0.25, 0.3) is 0 Å². The van der Waals surface area contributed by atoms with Gasteiger partial charge in [0.1, 0.15) is 5.82 Å². The average molecular weight is 526 g/mol. The highest BCUT2D eigenvalue weighted by Crippen LogP contribution is 2.30. The van der Waals surface area contributed by atoms with Crippen LogP contribution in [0.3, 0.4) is 0 Å². The van der Waals surface area contributed by atoms with Crippen LogP contribution in [0, 0.1) is 5.82 Å². The van der Waals surface area contributed by atoms with E-state index in [2.05, 4.69) is 20.9 Å². The Balaban J connectivity index is 0.00000392. The minimum Gasteiger partial charge on any atom is -0.357 e. The van der Waals surface area contributed by atoms with Crippen LogP contribution in [0.2, 0.25) is 5.02 Å². The van der Waals surface area contributed by atoms with E-state index < -0.39 is 5.41 Å². The fourth-order valence-corrected chi connectivity index (χ4v) is 3.13. The number of hydrogen-bond acceptors (Lipinski definition) is 3. The second-order valence-electron chi connectivity index (χ2n) is 6.83. The zero-order valence-corrected chi connectivity index (χ0v) is 19.2. The van der Waals surface area contributed by atoms with Gasteiger partial charge in [-0.3, -0.25) is 14.7 Å². The molecule has 0 aromatic heterocycles. The third-order valence-electron chi connectivity index (χ3n) is 4.20. The van der Waals surface area contributed by atoms with E-state index in [0.29, 0.717) is 30.6 Å². The summed E-state index contributed by atoms with van der Waals surface area (Å²) in [5, 5.41) is 9.08. The quantitative estimate of drug-likeness (QED) is 0.221. The molecule has 10 heteroatoms. The van der Waals surface area contributed by atoms with Crippen molar-refractivity contribution in [3.63, 3.8) is 0 Å². The molecule has 1 aromatic rings. The third kappa shape index (κ3) is 6.47. The summed E-state index contributed by atoms with van der Waals surface area (Å²) >= 11 is 6.18. The summed E-state index contributed by atoms with van der Waals surface area (Å²) in [5.41, 5.74) is 0.405. The van der Waals surface area contributed by atoms with Gasteiger partial charge in [-0.1, -0.05) is 31.5 Å². The number of amides is 3. The van der Waals surface area contributed by atoms with E-state index in [1.807, 2.05) is 20.8 Å². The lowest BCUT2D eigenvalue weighted by Crippen LogP contribution is -2.43. The molecule has 1 aliphatic rings. The van der Waals surface area contributed by atoms with E-state index in [-0.39, 0.29) is 54.8 Å². The van der Waals surface area contributed by atoms with Crippen LogP contribution in [-0.2, 0) is 10.2 Å². The topological polar surface area (TPSA) is 85.8 Å². The Morgan fingerprint density at radius 1 is 1.36 bits per heavy atom. The second-order valence-corrected chi connectivity index (χ2v) is 7.24. The molecule has 0 spiro atoms. The van der Waals surface area contributed by atoms with Crippen molar-refractivity contribution in [2.75, 3.05) is 32.7 Å². The Kier molecular flexibility index (Phi) is 9.42. The summed E-state index contributed by atoms with van der Waals surface area (Å²) in [6.07, 6.45) is 0. The van der Waals surface area contributed by atoms with Crippen LogP contribution in [0.25, 0.3) is 0 Å². The third-order valence-corrected chi connectivity index (χ3v) is 4.51. The molecule has 0 saturated carbocycles. The molecule has 0 atom stereocenters. The average Bonchev–Trinajstić information content (AvgIpc) is 2.91. The van der Waals surface area contributed by atoms with Gasteiger partial charge in [-0.2, -0.15) is 0 Å². The molecule has 1 aliphatic heterocycles. The van der Waals surface area contributed by atoms with Crippen LogP contribution < -0.4 is 16.0 Å². The van der Waals surface area contributed by atoms with E-state index in [9.17, 15) is 14.0 Å². The van der Waals surface area contributed by atoms with Crippen LogP contribution >= 0.6 is 35.6 Å². The molecule has 0 aliphatic carbocycles. The molecule has 3 N–H and O–H groups in total. The Labute approximate surface area is 186 Å². The van der Waals surface area contributed by atoms with Crippen molar-refractivity contribution in [1.82, 2.24) is 20.9 Å². The Hall–Kier alpha value is -1.62. The zero-order valence-electron chi connectivity index (χ0n) is 16.1. The van der Waals surface area contributed by atoms with Gasteiger partial charge in [0.2, 0.25) is 5.91 Å². The number of halogens is 3. The summed E-state index contributed by atoms with van der Waals surface area (Å²) in [4.78, 5) is 28.9. The van der Waals surface area contributed by atoms with Gasteiger partial charge in [0.15, 0.2) is 5.96 Å². The van der Waals surface area contributed by atoms with Gasteiger partial charge in [0, 0.05) is 30.1 Å². The van der Waals surface area contributed by atoms with Crippen molar-refractivity contribution in [3.05, 3.63) is 34.6 Å². The van der Waals surface area contributed by atoms with Crippen molar-refractivity contribution in [2.24, 2.45) is 4.99 Å². The summed E-state index contributed by atoms with van der Waals surface area (Å²) in [6, 6.07) is 3.97. The second kappa shape index (κ2) is 10.8. The minimum atomic E-state index is -0.405. The molecular weight excluding hydrogens is 500 g/mol. The summed E-state index contributed by atoms with van der Waals surface area (Å²) in [6.45, 7) is 7.64. The van der Waals surface area contributed by atoms with Crippen molar-refractivity contribution in [3.8, 4) is 0 Å². The number of benzene rings is 1. The van der Waals surface area contributed by atoms with E-state index >= 15 is 0 Å². The number of nitrogens with zero attached hydrogens (tertiary/aromatic N) is 2. The van der Waals surface area contributed by atoms with Crippen LogP contribution in [-0.4, -0.2) is 55.5 Å². The minimum absolute atomic E-state index is 0. The highest BCUT2D eigenvalue weighted by molar-refractivity contribution is 14.0. The highest BCUT2D eigenvalue weighted by atomic mass is 127. The fraction of sp³-hybridized carbons (Fsp3) is 0.500. The number of guanidine groups is 1. The molecule has 1 heterocycles. The smallest absolute Gasteiger partial charge is 0.324 e. The first-order valence-corrected chi connectivity index (χ1v) is 9.18. The molecule has 1 fully saturated rings. The Morgan fingerprint density at radius 3 is 2.64 bits per heavy atom. The fourth-order valence-electron chi connectivity index (χ4n) is 2.71. The summed E-state index contributed by atoms with van der Waals surface area (Å²) < 4.78 is 13.3. The standard InChI is InChI=1S/C18H25ClFN5O2.HI/c1-4-21-16(22-7-8-25-15(26)10-23-17(25)27)24-11-18(2,3)13-6-5-12(20)9-14(13)19;/h5-6,9H,4,7-8,10-11H2,1-3H3,(H,23,27)(H2,21,22,24);1H. The first kappa shape index (κ1) is 24.4. The number of rotatable bonds is 7. The van der Waals surface area contributed by atoms with Crippen LogP contribution in [0.1, 0.15) is 26.3 Å². The molecule has 1 aromatic carbocycles. The maximum Gasteiger partial charge on any atom is 0.324 e. The van der Waals surface area contributed by atoms with Gasteiger partial charge >= 0.3 is 6.03 Å². The first-order chi connectivity index (χ1) is 12.7. The number of urea groups is 1. The monoisotopic (exact) mass is 525 g/mol. The van der Waals surface area contributed by atoms with Gasteiger partial charge in [-0.25, -0.2) is 9.18 Å². The van der Waals surface area contributed by atoms with Gasteiger partial charge in [0.05, 0.1) is 13.1 Å². The number of nitrogens with one attached hydrogen (secondary N) is 3. The molecule has 28 heavy (non-hydrogen) atoms. The summed E-state index contributed by atoms with van der Waals surface area (Å²) in [7, 11) is 0. The predicted octanol–water partition coefficient (Wildman–Crippen LogP) is 2.48. The van der Waals surface area contributed by atoms with Gasteiger partial charge in [-0.05, 0) is 24.6 Å². The van der Waals surface area contributed by atoms with Crippen molar-refractivity contribution >= 4 is 53.5 Å². The predicted molar refractivity (Wildman–Crippen MR) is 119 cm³/mol. The maximum absolute atomic E-state index is 13.3. The number of aliphatic imine (C=N–C) groups is 1. The largest absolute Gasteiger partial charge is 0.357 e. The van der Waals surface area contributed by atoms with E-state index in [1.54, 1.807) is 6.07 Å². The molecule has 156 valence electrons. The Morgan fingerprint density at radius 2 is 2.07 bits per heavy atom. The lowest BCUT2D eigenvalue weighted by molar-refractivity contribution is -0.124. The van der Waals surface area contributed by atoms with E-state index in [0.717, 1.165) is 5.56 Å². The van der Waals surface area contributed by atoms with Crippen molar-refractivity contribution in [1.29, 1.82) is 0 Å². The molecule has 0 bridgehead atoms.